The molecule has 1 aromatic carbocycles. The van der Waals surface area contributed by atoms with E-state index in [1.165, 1.54) is 6.26 Å². The molecule has 0 aliphatic carbocycles. The van der Waals surface area contributed by atoms with Crippen molar-refractivity contribution in [2.24, 2.45) is 5.92 Å². The first-order chi connectivity index (χ1) is 13.6. The first-order valence-electron chi connectivity index (χ1n) is 9.58. The number of hydrogen-bond donors (Lipinski definition) is 0. The SMILES string of the molecule is CN(CC1COc2ccccc2O1)C(=O)C1CCN(C(=O)c2ccco2)CC1. The molecule has 1 aromatic heterocycles. The molecule has 1 atom stereocenters. The molecule has 7 heteroatoms. The molecular weight excluding hydrogens is 360 g/mol. The van der Waals surface area contributed by atoms with Crippen molar-refractivity contribution in [2.75, 3.05) is 33.3 Å². The molecule has 1 saturated heterocycles. The van der Waals surface area contributed by atoms with E-state index in [1.807, 2.05) is 24.3 Å². The van der Waals surface area contributed by atoms with Crippen LogP contribution in [0.2, 0.25) is 0 Å². The number of nitrogens with zero attached hydrogens (tertiary/aromatic N) is 2. The van der Waals surface area contributed by atoms with E-state index in [4.69, 9.17) is 13.9 Å². The van der Waals surface area contributed by atoms with Crippen molar-refractivity contribution in [1.82, 2.24) is 9.80 Å². The Bertz CT molecular complexity index is 827. The summed E-state index contributed by atoms with van der Waals surface area (Å²) in [6.45, 7) is 2.00. The molecule has 28 heavy (non-hydrogen) atoms. The Hall–Kier alpha value is -2.96. The largest absolute Gasteiger partial charge is 0.486 e. The Morgan fingerprint density at radius 3 is 2.57 bits per heavy atom. The van der Waals surface area contributed by atoms with E-state index in [0.717, 1.165) is 5.75 Å². The highest BCUT2D eigenvalue weighted by atomic mass is 16.6. The van der Waals surface area contributed by atoms with E-state index in [-0.39, 0.29) is 23.8 Å². The Labute approximate surface area is 163 Å². The van der Waals surface area contributed by atoms with Crippen LogP contribution < -0.4 is 9.47 Å². The molecule has 1 unspecified atom stereocenters. The summed E-state index contributed by atoms with van der Waals surface area (Å²) in [6.07, 6.45) is 2.61. The van der Waals surface area contributed by atoms with Gasteiger partial charge in [0.25, 0.3) is 5.91 Å². The van der Waals surface area contributed by atoms with E-state index in [9.17, 15) is 9.59 Å². The zero-order valence-corrected chi connectivity index (χ0v) is 15.9. The third-order valence-corrected chi connectivity index (χ3v) is 5.28. The molecule has 3 heterocycles. The number of para-hydroxylation sites is 2. The summed E-state index contributed by atoms with van der Waals surface area (Å²) in [5, 5.41) is 0. The molecule has 7 nitrogen and oxygen atoms in total. The Morgan fingerprint density at radius 2 is 1.86 bits per heavy atom. The summed E-state index contributed by atoms with van der Waals surface area (Å²) >= 11 is 0. The lowest BCUT2D eigenvalue weighted by molar-refractivity contribution is -0.137. The smallest absolute Gasteiger partial charge is 0.289 e. The monoisotopic (exact) mass is 384 g/mol. The lowest BCUT2D eigenvalue weighted by Gasteiger charge is -2.34. The van der Waals surface area contributed by atoms with Gasteiger partial charge in [-0.15, -0.1) is 0 Å². The second-order valence-electron chi connectivity index (χ2n) is 7.26. The number of likely N-dealkylation sites (tertiary alicyclic amines) is 1. The first-order valence-corrected chi connectivity index (χ1v) is 9.58. The fourth-order valence-electron chi connectivity index (χ4n) is 3.75. The summed E-state index contributed by atoms with van der Waals surface area (Å²) in [4.78, 5) is 28.6. The minimum atomic E-state index is -0.190. The number of rotatable bonds is 4. The Kier molecular flexibility index (Phi) is 5.23. The van der Waals surface area contributed by atoms with Crippen LogP contribution in [0.15, 0.2) is 47.1 Å². The molecule has 1 fully saturated rings. The van der Waals surface area contributed by atoms with Crippen molar-refractivity contribution in [2.45, 2.75) is 18.9 Å². The topological polar surface area (TPSA) is 72.2 Å². The van der Waals surface area contributed by atoms with E-state index in [2.05, 4.69) is 0 Å². The van der Waals surface area contributed by atoms with Crippen LogP contribution in [0.5, 0.6) is 11.5 Å². The highest BCUT2D eigenvalue weighted by Crippen LogP contribution is 2.31. The quantitative estimate of drug-likeness (QED) is 0.810. The molecule has 2 aromatic rings. The maximum atomic E-state index is 12.8. The normalized spacial score (nSPS) is 19.3. The summed E-state index contributed by atoms with van der Waals surface area (Å²) in [5.74, 6) is 1.69. The van der Waals surface area contributed by atoms with Crippen LogP contribution in [-0.4, -0.2) is 61.0 Å². The maximum Gasteiger partial charge on any atom is 0.289 e. The van der Waals surface area contributed by atoms with Crippen LogP contribution in [0.3, 0.4) is 0 Å². The van der Waals surface area contributed by atoms with Gasteiger partial charge in [0, 0.05) is 26.1 Å². The number of amides is 2. The van der Waals surface area contributed by atoms with Crippen molar-refractivity contribution in [3.05, 3.63) is 48.4 Å². The average Bonchev–Trinajstić information content (AvgIpc) is 3.27. The number of furan rings is 1. The minimum Gasteiger partial charge on any atom is -0.486 e. The van der Waals surface area contributed by atoms with Gasteiger partial charge >= 0.3 is 0 Å². The van der Waals surface area contributed by atoms with Crippen molar-refractivity contribution in [1.29, 1.82) is 0 Å². The zero-order valence-electron chi connectivity index (χ0n) is 15.9. The van der Waals surface area contributed by atoms with Crippen molar-refractivity contribution >= 4 is 11.8 Å². The van der Waals surface area contributed by atoms with Gasteiger partial charge in [0.15, 0.2) is 23.4 Å². The molecule has 148 valence electrons. The molecule has 2 aliphatic rings. The minimum absolute atomic E-state index is 0.0811. The van der Waals surface area contributed by atoms with Crippen molar-refractivity contribution < 1.29 is 23.5 Å². The Balaban J connectivity index is 1.27. The highest BCUT2D eigenvalue weighted by Gasteiger charge is 2.32. The number of hydrogen-bond acceptors (Lipinski definition) is 5. The standard InChI is InChI=1S/C21H24N2O5/c1-22(13-16-14-27-17-5-2-3-6-18(17)28-16)20(24)15-8-10-23(11-9-15)21(25)19-7-4-12-26-19/h2-7,12,15-16H,8-11,13-14H2,1H3. The fourth-order valence-corrected chi connectivity index (χ4v) is 3.75. The van der Waals surface area contributed by atoms with E-state index >= 15 is 0 Å². The third kappa shape index (κ3) is 3.83. The number of benzene rings is 1. The molecule has 0 saturated carbocycles. The fraction of sp³-hybridized carbons (Fsp3) is 0.429. The predicted molar refractivity (Wildman–Crippen MR) is 101 cm³/mol. The molecule has 2 amide bonds. The second-order valence-corrected chi connectivity index (χ2v) is 7.26. The number of likely N-dealkylation sites (N-methyl/N-ethyl adjacent to an activating group) is 1. The summed E-state index contributed by atoms with van der Waals surface area (Å²) in [7, 11) is 1.80. The number of carbonyl (C=O) groups excluding carboxylic acids is 2. The lowest BCUT2D eigenvalue weighted by Crippen LogP contribution is -2.47. The average molecular weight is 384 g/mol. The van der Waals surface area contributed by atoms with Gasteiger partial charge in [-0.25, -0.2) is 0 Å². The first kappa shape index (κ1) is 18.4. The maximum absolute atomic E-state index is 12.8. The van der Waals surface area contributed by atoms with Crippen LogP contribution >= 0.6 is 0 Å². The van der Waals surface area contributed by atoms with Gasteiger partial charge in [0.1, 0.15) is 6.61 Å². The lowest BCUT2D eigenvalue weighted by atomic mass is 9.95. The van der Waals surface area contributed by atoms with E-state index in [1.54, 1.807) is 29.0 Å². The number of ether oxygens (including phenoxy) is 2. The third-order valence-electron chi connectivity index (χ3n) is 5.28. The molecule has 0 spiro atoms. The number of carbonyl (C=O) groups is 2. The molecule has 0 bridgehead atoms. The molecule has 2 aliphatic heterocycles. The summed E-state index contributed by atoms with van der Waals surface area (Å²) in [5.41, 5.74) is 0. The van der Waals surface area contributed by atoms with Gasteiger partial charge in [-0.1, -0.05) is 12.1 Å². The van der Waals surface area contributed by atoms with Gasteiger partial charge in [-0.3, -0.25) is 9.59 Å². The van der Waals surface area contributed by atoms with Gasteiger partial charge in [0.2, 0.25) is 5.91 Å². The second kappa shape index (κ2) is 7.96. The summed E-state index contributed by atoms with van der Waals surface area (Å²) in [6, 6.07) is 10.9. The van der Waals surface area contributed by atoms with Crippen molar-refractivity contribution in [3.63, 3.8) is 0 Å². The molecule has 0 radical (unpaired) electrons. The van der Waals surface area contributed by atoms with Crippen LogP contribution in [-0.2, 0) is 4.79 Å². The highest BCUT2D eigenvalue weighted by molar-refractivity contribution is 5.91. The Morgan fingerprint density at radius 1 is 1.11 bits per heavy atom. The van der Waals surface area contributed by atoms with E-state index < -0.39 is 0 Å². The number of fused-ring (bicyclic) bond motifs is 1. The number of piperidine rings is 1. The van der Waals surface area contributed by atoms with E-state index in [0.29, 0.717) is 50.6 Å². The van der Waals surface area contributed by atoms with Crippen LogP contribution in [0.1, 0.15) is 23.4 Å². The van der Waals surface area contributed by atoms with Gasteiger partial charge < -0.3 is 23.7 Å². The molecule has 4 rings (SSSR count). The van der Waals surface area contributed by atoms with Crippen LogP contribution in [0, 0.1) is 5.92 Å². The van der Waals surface area contributed by atoms with Crippen molar-refractivity contribution in [3.8, 4) is 11.5 Å². The molecular formula is C21H24N2O5. The zero-order chi connectivity index (χ0) is 19.5. The van der Waals surface area contributed by atoms with Gasteiger partial charge in [-0.2, -0.15) is 0 Å². The molecule has 0 N–H and O–H groups in total. The van der Waals surface area contributed by atoms with Gasteiger partial charge in [0.05, 0.1) is 12.8 Å². The summed E-state index contributed by atoms with van der Waals surface area (Å²) < 4.78 is 16.8. The van der Waals surface area contributed by atoms with Crippen LogP contribution in [0.25, 0.3) is 0 Å². The van der Waals surface area contributed by atoms with Crippen LogP contribution in [0.4, 0.5) is 0 Å². The van der Waals surface area contributed by atoms with Gasteiger partial charge in [-0.05, 0) is 37.1 Å². The predicted octanol–water partition coefficient (Wildman–Crippen LogP) is 2.43.